The maximum absolute atomic E-state index is 11.6. The molecule has 1 rings (SSSR count). The van der Waals surface area contributed by atoms with E-state index in [0.29, 0.717) is 26.2 Å². The van der Waals surface area contributed by atoms with Crippen LogP contribution >= 0.6 is 0 Å². The number of carboxylic acid groups (broad SMARTS) is 1. The molecular weight excluding hydrogens is 238 g/mol. The van der Waals surface area contributed by atoms with Crippen LogP contribution in [0.2, 0.25) is 0 Å². The number of carbonyl (C=O) groups is 3. The van der Waals surface area contributed by atoms with Gasteiger partial charge in [0.1, 0.15) is 0 Å². The van der Waals surface area contributed by atoms with Crippen molar-refractivity contribution in [2.75, 3.05) is 40.3 Å². The van der Waals surface area contributed by atoms with Gasteiger partial charge in [0, 0.05) is 52.4 Å². The van der Waals surface area contributed by atoms with E-state index in [1.54, 1.807) is 19.0 Å². The predicted octanol–water partition coefficient (Wildman–Crippen LogP) is -0.547. The Morgan fingerprint density at radius 1 is 1.00 bits per heavy atom. The lowest BCUT2D eigenvalue weighted by Gasteiger charge is -2.35. The number of hydrogen-bond donors (Lipinski definition) is 1. The van der Waals surface area contributed by atoms with Gasteiger partial charge in [0.15, 0.2) is 0 Å². The third-order valence-corrected chi connectivity index (χ3v) is 2.61. The van der Waals surface area contributed by atoms with Crippen LogP contribution in [0.1, 0.15) is 0 Å². The van der Waals surface area contributed by atoms with Gasteiger partial charge in [-0.2, -0.15) is 0 Å². The van der Waals surface area contributed by atoms with Gasteiger partial charge < -0.3 is 19.8 Å². The zero-order chi connectivity index (χ0) is 13.7. The van der Waals surface area contributed by atoms with Crippen molar-refractivity contribution in [3.05, 3.63) is 12.2 Å². The molecule has 7 heteroatoms. The van der Waals surface area contributed by atoms with Crippen LogP contribution in [0.25, 0.3) is 0 Å². The molecule has 100 valence electrons. The Balaban J connectivity index is 2.46. The van der Waals surface area contributed by atoms with Crippen LogP contribution in [0.15, 0.2) is 12.2 Å². The molecule has 0 spiro atoms. The van der Waals surface area contributed by atoms with Gasteiger partial charge in [0.2, 0.25) is 5.91 Å². The quantitative estimate of drug-likeness (QED) is 0.671. The number of rotatable bonds is 2. The molecule has 1 fully saturated rings. The number of amides is 3. The molecule has 18 heavy (non-hydrogen) atoms. The Morgan fingerprint density at radius 2 is 1.50 bits per heavy atom. The Bertz CT molecular complexity index is 370. The summed E-state index contributed by atoms with van der Waals surface area (Å²) in [5.74, 6) is -1.49. The predicted molar refractivity (Wildman–Crippen MR) is 64.0 cm³/mol. The molecule has 1 heterocycles. The summed E-state index contributed by atoms with van der Waals surface area (Å²) in [5.41, 5.74) is 0. The smallest absolute Gasteiger partial charge is 0.328 e. The number of urea groups is 1. The zero-order valence-corrected chi connectivity index (χ0v) is 10.5. The lowest BCUT2D eigenvalue weighted by molar-refractivity contribution is -0.132. The van der Waals surface area contributed by atoms with Gasteiger partial charge in [-0.05, 0) is 0 Å². The fraction of sp³-hybridized carbons (Fsp3) is 0.545. The minimum atomic E-state index is -1.15. The van der Waals surface area contributed by atoms with Gasteiger partial charge >= 0.3 is 12.0 Å². The fourth-order valence-electron chi connectivity index (χ4n) is 1.65. The van der Waals surface area contributed by atoms with E-state index in [1.807, 2.05) is 0 Å². The van der Waals surface area contributed by atoms with Crippen molar-refractivity contribution >= 4 is 17.9 Å². The first-order valence-corrected chi connectivity index (χ1v) is 5.58. The lowest BCUT2D eigenvalue weighted by Crippen LogP contribution is -2.52. The SMILES string of the molecule is CN(C)C(=O)N1CCN(C(=O)/C=C/C(=O)O)CC1. The topological polar surface area (TPSA) is 81.2 Å². The Morgan fingerprint density at radius 3 is 1.94 bits per heavy atom. The summed E-state index contributed by atoms with van der Waals surface area (Å²) in [6.07, 6.45) is 1.85. The summed E-state index contributed by atoms with van der Waals surface area (Å²) < 4.78 is 0. The van der Waals surface area contributed by atoms with Crippen LogP contribution in [0.4, 0.5) is 4.79 Å². The van der Waals surface area contributed by atoms with Crippen molar-refractivity contribution in [3.8, 4) is 0 Å². The van der Waals surface area contributed by atoms with Crippen molar-refractivity contribution in [3.63, 3.8) is 0 Å². The highest BCUT2D eigenvalue weighted by molar-refractivity contribution is 5.94. The van der Waals surface area contributed by atoms with Crippen molar-refractivity contribution in [1.82, 2.24) is 14.7 Å². The first kappa shape index (κ1) is 14.0. The minimum Gasteiger partial charge on any atom is -0.478 e. The first-order chi connectivity index (χ1) is 8.41. The summed E-state index contributed by atoms with van der Waals surface area (Å²) in [4.78, 5) is 38.2. The molecule has 1 aliphatic rings. The molecule has 0 aromatic rings. The van der Waals surface area contributed by atoms with Gasteiger partial charge in [-0.3, -0.25) is 4.79 Å². The average Bonchev–Trinajstić information content (AvgIpc) is 2.35. The Labute approximate surface area is 105 Å². The van der Waals surface area contributed by atoms with Crippen molar-refractivity contribution < 1.29 is 19.5 Å². The standard InChI is InChI=1S/C11H17N3O4/c1-12(2)11(18)14-7-5-13(6-8-14)9(15)3-4-10(16)17/h3-4H,5-8H2,1-2H3,(H,16,17)/b4-3+. The summed E-state index contributed by atoms with van der Waals surface area (Å²) in [7, 11) is 3.35. The number of nitrogens with zero attached hydrogens (tertiary/aromatic N) is 3. The second kappa shape index (κ2) is 6.04. The van der Waals surface area contributed by atoms with Gasteiger partial charge in [0.25, 0.3) is 0 Å². The van der Waals surface area contributed by atoms with E-state index in [2.05, 4.69) is 0 Å². The largest absolute Gasteiger partial charge is 0.478 e. The molecule has 0 aliphatic carbocycles. The molecule has 0 atom stereocenters. The van der Waals surface area contributed by atoms with Crippen LogP contribution < -0.4 is 0 Å². The second-order valence-electron chi connectivity index (χ2n) is 4.16. The lowest BCUT2D eigenvalue weighted by atomic mass is 10.3. The van der Waals surface area contributed by atoms with Gasteiger partial charge in [-0.25, -0.2) is 9.59 Å². The number of carbonyl (C=O) groups excluding carboxylic acids is 2. The summed E-state index contributed by atoms with van der Waals surface area (Å²) in [6.45, 7) is 1.76. The molecule has 0 aromatic heterocycles. The zero-order valence-electron chi connectivity index (χ0n) is 10.5. The van der Waals surface area contributed by atoms with E-state index in [9.17, 15) is 14.4 Å². The van der Waals surface area contributed by atoms with E-state index < -0.39 is 5.97 Å². The highest BCUT2D eigenvalue weighted by Crippen LogP contribution is 2.04. The Kier molecular flexibility index (Phi) is 4.70. The highest BCUT2D eigenvalue weighted by atomic mass is 16.4. The number of piperazine rings is 1. The van der Waals surface area contributed by atoms with E-state index in [4.69, 9.17) is 5.11 Å². The molecule has 3 amide bonds. The number of carboxylic acids is 1. The van der Waals surface area contributed by atoms with Gasteiger partial charge in [0.05, 0.1) is 0 Å². The van der Waals surface area contributed by atoms with Gasteiger partial charge in [-0.1, -0.05) is 0 Å². The Hall–Kier alpha value is -2.05. The van der Waals surface area contributed by atoms with Crippen LogP contribution in [0, 0.1) is 0 Å². The third kappa shape index (κ3) is 3.76. The molecule has 0 saturated carbocycles. The average molecular weight is 255 g/mol. The van der Waals surface area contributed by atoms with E-state index in [0.717, 1.165) is 12.2 Å². The molecule has 7 nitrogen and oxygen atoms in total. The molecule has 0 aromatic carbocycles. The monoisotopic (exact) mass is 255 g/mol. The summed E-state index contributed by atoms with van der Waals surface area (Å²) >= 11 is 0. The van der Waals surface area contributed by atoms with Crippen molar-refractivity contribution in [2.45, 2.75) is 0 Å². The van der Waals surface area contributed by atoms with E-state index in [-0.39, 0.29) is 11.9 Å². The third-order valence-electron chi connectivity index (χ3n) is 2.61. The van der Waals surface area contributed by atoms with Crippen LogP contribution in [0.3, 0.4) is 0 Å². The number of aliphatic carboxylic acids is 1. The number of hydrogen-bond acceptors (Lipinski definition) is 3. The molecule has 1 saturated heterocycles. The first-order valence-electron chi connectivity index (χ1n) is 5.58. The molecular formula is C11H17N3O4. The van der Waals surface area contributed by atoms with Gasteiger partial charge in [-0.15, -0.1) is 0 Å². The fourth-order valence-corrected chi connectivity index (χ4v) is 1.65. The summed E-state index contributed by atoms with van der Waals surface area (Å²) in [5, 5.41) is 8.42. The molecule has 1 N–H and O–H groups in total. The van der Waals surface area contributed by atoms with E-state index >= 15 is 0 Å². The maximum atomic E-state index is 11.6. The normalized spacial score (nSPS) is 15.9. The second-order valence-corrected chi connectivity index (χ2v) is 4.16. The molecule has 0 bridgehead atoms. The summed E-state index contributed by atoms with van der Waals surface area (Å²) in [6, 6.07) is -0.0804. The van der Waals surface area contributed by atoms with Crippen molar-refractivity contribution in [2.24, 2.45) is 0 Å². The van der Waals surface area contributed by atoms with E-state index in [1.165, 1.54) is 9.80 Å². The highest BCUT2D eigenvalue weighted by Gasteiger charge is 2.23. The molecule has 0 unspecified atom stereocenters. The van der Waals surface area contributed by atoms with Crippen LogP contribution in [-0.2, 0) is 9.59 Å². The van der Waals surface area contributed by atoms with Crippen LogP contribution in [0.5, 0.6) is 0 Å². The van der Waals surface area contributed by atoms with Crippen LogP contribution in [-0.4, -0.2) is 78.0 Å². The molecule has 1 aliphatic heterocycles. The maximum Gasteiger partial charge on any atom is 0.328 e. The minimum absolute atomic E-state index is 0.0804. The molecule has 0 radical (unpaired) electrons. The van der Waals surface area contributed by atoms with Crippen molar-refractivity contribution in [1.29, 1.82) is 0 Å².